The first kappa shape index (κ1) is 20.7. The van der Waals surface area contributed by atoms with E-state index in [1.807, 2.05) is 0 Å². The van der Waals surface area contributed by atoms with Crippen molar-refractivity contribution in [2.75, 3.05) is 5.32 Å². The molecule has 0 saturated heterocycles. The molecule has 1 aromatic heterocycles. The van der Waals surface area contributed by atoms with Gasteiger partial charge < -0.3 is 10.4 Å². The summed E-state index contributed by atoms with van der Waals surface area (Å²) < 4.78 is 0. The molecule has 0 fully saturated rings. The van der Waals surface area contributed by atoms with Gasteiger partial charge in [0.1, 0.15) is 5.75 Å². The number of nitrogens with one attached hydrogen (secondary N) is 3. The summed E-state index contributed by atoms with van der Waals surface area (Å²) in [5.74, 6) is -2.04. The van der Waals surface area contributed by atoms with Gasteiger partial charge in [0.2, 0.25) is 0 Å². The third kappa shape index (κ3) is 5.05. The van der Waals surface area contributed by atoms with Crippen LogP contribution < -0.4 is 16.2 Å². The van der Waals surface area contributed by atoms with Gasteiger partial charge in [-0.2, -0.15) is 0 Å². The molecule has 0 saturated carbocycles. The monoisotopic (exact) mass is 449 g/mol. The molecular weight excluding hydrogens is 437 g/mol. The lowest BCUT2D eigenvalue weighted by molar-refractivity contribution is 0.0845. The number of phenolic OH excluding ortho intramolecular Hbond substituents is 1. The molecule has 7 nitrogen and oxygen atoms in total. The van der Waals surface area contributed by atoms with Crippen LogP contribution in [0.15, 0.2) is 53.9 Å². The lowest BCUT2D eigenvalue weighted by atomic mass is 10.2. The van der Waals surface area contributed by atoms with E-state index in [2.05, 4.69) is 16.2 Å². The smallest absolute Gasteiger partial charge is 0.273 e. The van der Waals surface area contributed by atoms with E-state index in [0.717, 1.165) is 0 Å². The zero-order valence-corrected chi connectivity index (χ0v) is 16.9. The molecule has 0 aliphatic heterocycles. The number of hydrazine groups is 1. The van der Waals surface area contributed by atoms with Gasteiger partial charge in [-0.05, 0) is 47.8 Å². The molecule has 3 rings (SSSR count). The fourth-order valence-corrected chi connectivity index (χ4v) is 3.25. The largest absolute Gasteiger partial charge is 0.507 e. The average molecular weight is 450 g/mol. The Labute approximate surface area is 179 Å². The standard InChI is InChI=1S/C19H13Cl2N3O4S/c20-11-4-6-15(25)12(9-11)18(27)24-23-17(26)10-3-5-13(21)14(8-10)22-19(28)16-2-1-7-29-16/h1-9,25H,(H,22,28)(H,23,26)(H,24,27). The van der Waals surface area contributed by atoms with E-state index >= 15 is 0 Å². The fourth-order valence-electron chi connectivity index (χ4n) is 2.30. The van der Waals surface area contributed by atoms with Gasteiger partial charge in [0.15, 0.2) is 0 Å². The molecule has 1 heterocycles. The number of thiophene rings is 1. The number of amides is 3. The number of anilines is 1. The van der Waals surface area contributed by atoms with Crippen molar-refractivity contribution in [3.8, 4) is 5.75 Å². The number of rotatable bonds is 4. The van der Waals surface area contributed by atoms with Crippen molar-refractivity contribution in [2.24, 2.45) is 0 Å². The van der Waals surface area contributed by atoms with E-state index < -0.39 is 11.8 Å². The van der Waals surface area contributed by atoms with E-state index in [4.69, 9.17) is 23.2 Å². The molecule has 0 aliphatic carbocycles. The maximum atomic E-state index is 12.3. The van der Waals surface area contributed by atoms with Crippen molar-refractivity contribution >= 4 is 57.9 Å². The predicted molar refractivity (Wildman–Crippen MR) is 112 cm³/mol. The van der Waals surface area contributed by atoms with Gasteiger partial charge >= 0.3 is 0 Å². The average Bonchev–Trinajstić information content (AvgIpc) is 3.24. The zero-order valence-electron chi connectivity index (χ0n) is 14.5. The normalized spacial score (nSPS) is 10.3. The highest BCUT2D eigenvalue weighted by atomic mass is 35.5. The number of halogens is 2. The second-order valence-electron chi connectivity index (χ2n) is 5.70. The second-order valence-corrected chi connectivity index (χ2v) is 7.49. The number of carbonyl (C=O) groups excluding carboxylic acids is 3. The topological polar surface area (TPSA) is 108 Å². The number of aromatic hydroxyl groups is 1. The van der Waals surface area contributed by atoms with Crippen molar-refractivity contribution in [1.82, 2.24) is 10.9 Å². The van der Waals surface area contributed by atoms with Gasteiger partial charge in [-0.3, -0.25) is 25.2 Å². The van der Waals surface area contributed by atoms with Gasteiger partial charge in [-0.15, -0.1) is 11.3 Å². The van der Waals surface area contributed by atoms with Gasteiger partial charge in [0.25, 0.3) is 17.7 Å². The summed E-state index contributed by atoms with van der Waals surface area (Å²) >= 11 is 13.2. The van der Waals surface area contributed by atoms with Crippen LogP contribution in [0.1, 0.15) is 30.4 Å². The number of carbonyl (C=O) groups is 3. The van der Waals surface area contributed by atoms with Crippen molar-refractivity contribution in [1.29, 1.82) is 0 Å². The van der Waals surface area contributed by atoms with Gasteiger partial charge in [0, 0.05) is 10.6 Å². The summed E-state index contributed by atoms with van der Waals surface area (Å²) in [6.07, 6.45) is 0. The molecule has 0 bridgehead atoms. The Morgan fingerprint density at radius 3 is 2.38 bits per heavy atom. The summed E-state index contributed by atoms with van der Waals surface area (Å²) in [6.45, 7) is 0. The van der Waals surface area contributed by atoms with Crippen molar-refractivity contribution in [3.63, 3.8) is 0 Å². The first-order chi connectivity index (χ1) is 13.8. The summed E-state index contributed by atoms with van der Waals surface area (Å²) in [5.41, 5.74) is 4.70. The lowest BCUT2D eigenvalue weighted by Crippen LogP contribution is -2.41. The van der Waals surface area contributed by atoms with Crippen LogP contribution in [0.25, 0.3) is 0 Å². The highest BCUT2D eigenvalue weighted by Crippen LogP contribution is 2.24. The van der Waals surface area contributed by atoms with E-state index in [1.165, 1.54) is 47.7 Å². The lowest BCUT2D eigenvalue weighted by Gasteiger charge is -2.11. The summed E-state index contributed by atoms with van der Waals surface area (Å²) in [6, 6.07) is 11.6. The van der Waals surface area contributed by atoms with Crippen LogP contribution in [0.2, 0.25) is 10.0 Å². The second kappa shape index (κ2) is 8.95. The van der Waals surface area contributed by atoms with E-state index in [1.54, 1.807) is 17.5 Å². The van der Waals surface area contributed by atoms with Crippen molar-refractivity contribution in [3.05, 3.63) is 80.0 Å². The highest BCUT2D eigenvalue weighted by molar-refractivity contribution is 7.12. The van der Waals surface area contributed by atoms with E-state index in [-0.39, 0.29) is 38.5 Å². The fraction of sp³-hybridized carbons (Fsp3) is 0. The summed E-state index contributed by atoms with van der Waals surface area (Å²) in [5, 5.41) is 14.6. The van der Waals surface area contributed by atoms with Crippen LogP contribution in [0.3, 0.4) is 0 Å². The Morgan fingerprint density at radius 2 is 1.66 bits per heavy atom. The predicted octanol–water partition coefficient (Wildman–Crippen LogP) is 4.09. The number of phenols is 1. The van der Waals surface area contributed by atoms with Gasteiger partial charge in [-0.25, -0.2) is 0 Å². The minimum atomic E-state index is -0.751. The van der Waals surface area contributed by atoms with Gasteiger partial charge in [-0.1, -0.05) is 29.3 Å². The molecule has 10 heteroatoms. The number of hydrogen-bond donors (Lipinski definition) is 4. The maximum Gasteiger partial charge on any atom is 0.273 e. The number of hydrogen-bond acceptors (Lipinski definition) is 5. The first-order valence-electron chi connectivity index (χ1n) is 8.09. The molecule has 0 atom stereocenters. The van der Waals surface area contributed by atoms with Crippen LogP contribution in [0.5, 0.6) is 5.75 Å². The molecule has 0 unspecified atom stereocenters. The van der Waals surface area contributed by atoms with Crippen molar-refractivity contribution < 1.29 is 19.5 Å². The zero-order chi connectivity index (χ0) is 21.0. The summed E-state index contributed by atoms with van der Waals surface area (Å²) in [4.78, 5) is 37.2. The van der Waals surface area contributed by atoms with Crippen LogP contribution in [-0.2, 0) is 0 Å². The van der Waals surface area contributed by atoms with Crippen molar-refractivity contribution in [2.45, 2.75) is 0 Å². The molecule has 29 heavy (non-hydrogen) atoms. The SMILES string of the molecule is O=C(NNC(=O)c1cc(Cl)ccc1O)c1ccc(Cl)c(NC(=O)c2cccs2)c1. The Hall–Kier alpha value is -3.07. The molecule has 0 radical (unpaired) electrons. The quantitative estimate of drug-likeness (QED) is 0.449. The van der Waals surface area contributed by atoms with Crippen LogP contribution >= 0.6 is 34.5 Å². The third-order valence-electron chi connectivity index (χ3n) is 3.71. The maximum absolute atomic E-state index is 12.3. The Balaban J connectivity index is 1.68. The molecule has 0 spiro atoms. The third-order valence-corrected chi connectivity index (χ3v) is 5.15. The molecule has 0 aliphatic rings. The first-order valence-corrected chi connectivity index (χ1v) is 9.72. The summed E-state index contributed by atoms with van der Waals surface area (Å²) in [7, 11) is 0. The van der Waals surface area contributed by atoms with Crippen LogP contribution in [-0.4, -0.2) is 22.8 Å². The molecule has 3 amide bonds. The molecule has 2 aromatic carbocycles. The van der Waals surface area contributed by atoms with E-state index in [0.29, 0.717) is 4.88 Å². The molecule has 4 N–H and O–H groups in total. The highest BCUT2D eigenvalue weighted by Gasteiger charge is 2.15. The molecular formula is C19H13Cl2N3O4S. The van der Waals surface area contributed by atoms with Gasteiger partial charge in [0.05, 0.1) is 21.2 Å². The van der Waals surface area contributed by atoms with Crippen LogP contribution in [0, 0.1) is 0 Å². The van der Waals surface area contributed by atoms with E-state index in [9.17, 15) is 19.5 Å². The minimum absolute atomic E-state index is 0.0993. The van der Waals surface area contributed by atoms with Crippen LogP contribution in [0.4, 0.5) is 5.69 Å². The Kier molecular flexibility index (Phi) is 6.38. The Bertz CT molecular complexity index is 1090. The molecule has 3 aromatic rings. The molecule has 148 valence electrons. The minimum Gasteiger partial charge on any atom is -0.507 e. The number of benzene rings is 2. The Morgan fingerprint density at radius 1 is 0.897 bits per heavy atom.